The largest absolute Gasteiger partial charge is 0.495 e. The van der Waals surface area contributed by atoms with Gasteiger partial charge in [0.25, 0.3) is 0 Å². The summed E-state index contributed by atoms with van der Waals surface area (Å²) in [5, 5.41) is 1.88. The number of methoxy groups -OCH3 is 2. The van der Waals surface area contributed by atoms with Crippen molar-refractivity contribution in [2.45, 2.75) is 26.2 Å². The zero-order chi connectivity index (χ0) is 14.9. The number of aromatic nitrogens is 1. The lowest BCUT2D eigenvalue weighted by Crippen LogP contribution is -2.17. The summed E-state index contributed by atoms with van der Waals surface area (Å²) < 4.78 is 15.6. The van der Waals surface area contributed by atoms with Crippen molar-refractivity contribution >= 4 is 17.3 Å². The van der Waals surface area contributed by atoms with Crippen LogP contribution >= 0.6 is 11.3 Å². The van der Waals surface area contributed by atoms with E-state index in [2.05, 4.69) is 4.98 Å². The topological polar surface area (TPSA) is 61.6 Å². The van der Waals surface area contributed by atoms with Crippen molar-refractivity contribution in [3.8, 4) is 16.5 Å². The van der Waals surface area contributed by atoms with Gasteiger partial charge in [0.15, 0.2) is 0 Å². The molecule has 0 aliphatic heterocycles. The first kappa shape index (κ1) is 14.6. The third kappa shape index (κ3) is 2.56. The summed E-state index contributed by atoms with van der Waals surface area (Å²) in [5.74, 6) is 0.671. The molecule has 0 aromatic carbocycles. The Bertz CT molecular complexity index is 621. The van der Waals surface area contributed by atoms with Gasteiger partial charge in [-0.3, -0.25) is 0 Å². The third-order valence-electron chi connectivity index (χ3n) is 2.75. The Morgan fingerprint density at radius 3 is 2.60 bits per heavy atom. The normalized spacial score (nSPS) is 11.4. The molecule has 0 aliphatic rings. The second kappa shape index (κ2) is 5.28. The highest BCUT2D eigenvalue weighted by Gasteiger charge is 2.30. The van der Waals surface area contributed by atoms with Gasteiger partial charge in [-0.1, -0.05) is 20.8 Å². The molecule has 2 rings (SSSR count). The molecule has 0 radical (unpaired) electrons. The van der Waals surface area contributed by atoms with Crippen LogP contribution in [0.4, 0.5) is 0 Å². The van der Waals surface area contributed by atoms with E-state index in [1.807, 2.05) is 32.2 Å². The van der Waals surface area contributed by atoms with Crippen molar-refractivity contribution in [1.29, 1.82) is 0 Å². The highest BCUT2D eigenvalue weighted by atomic mass is 32.1. The van der Waals surface area contributed by atoms with E-state index in [9.17, 15) is 4.79 Å². The lowest BCUT2D eigenvalue weighted by Gasteiger charge is -2.15. The molecule has 0 saturated carbocycles. The number of oxazole rings is 1. The van der Waals surface area contributed by atoms with Gasteiger partial charge in [0.2, 0.25) is 11.7 Å². The quantitative estimate of drug-likeness (QED) is 0.811. The fourth-order valence-electron chi connectivity index (χ4n) is 1.77. The van der Waals surface area contributed by atoms with Crippen molar-refractivity contribution in [2.75, 3.05) is 14.2 Å². The SMILES string of the molecule is COC(=O)c1oc(-c2sccc2OC)nc1C(C)(C)C. The first-order valence-corrected chi connectivity index (χ1v) is 6.98. The molecule has 0 N–H and O–H groups in total. The molecule has 0 fully saturated rings. The summed E-state index contributed by atoms with van der Waals surface area (Å²) in [5.41, 5.74) is 0.255. The number of esters is 1. The van der Waals surface area contributed by atoms with Crippen LogP contribution in [0, 0.1) is 0 Å². The van der Waals surface area contributed by atoms with Gasteiger partial charge in [-0.15, -0.1) is 11.3 Å². The molecule has 0 saturated heterocycles. The Kier molecular flexibility index (Phi) is 3.85. The molecule has 2 aromatic heterocycles. The minimum atomic E-state index is -0.524. The molecule has 0 unspecified atom stereocenters. The fourth-order valence-corrected chi connectivity index (χ4v) is 2.55. The van der Waals surface area contributed by atoms with E-state index >= 15 is 0 Å². The van der Waals surface area contributed by atoms with Crippen molar-refractivity contribution in [3.05, 3.63) is 22.9 Å². The number of rotatable bonds is 3. The number of carbonyl (C=O) groups excluding carboxylic acids is 1. The Morgan fingerprint density at radius 2 is 2.05 bits per heavy atom. The Morgan fingerprint density at radius 1 is 1.35 bits per heavy atom. The van der Waals surface area contributed by atoms with Crippen molar-refractivity contribution in [1.82, 2.24) is 4.98 Å². The summed E-state index contributed by atoms with van der Waals surface area (Å²) in [6, 6.07) is 1.83. The van der Waals surface area contributed by atoms with Crippen LogP contribution in [0.25, 0.3) is 10.8 Å². The van der Waals surface area contributed by atoms with E-state index in [0.29, 0.717) is 17.3 Å². The van der Waals surface area contributed by atoms with Gasteiger partial charge in [-0.25, -0.2) is 9.78 Å². The van der Waals surface area contributed by atoms with Gasteiger partial charge in [0.1, 0.15) is 16.3 Å². The second-order valence-corrected chi connectivity index (χ2v) is 6.17. The Hall–Kier alpha value is -1.82. The highest BCUT2D eigenvalue weighted by Crippen LogP contribution is 2.38. The Labute approximate surface area is 121 Å². The Balaban J connectivity index is 2.58. The molecule has 108 valence electrons. The second-order valence-electron chi connectivity index (χ2n) is 5.26. The van der Waals surface area contributed by atoms with Crippen LogP contribution in [0.15, 0.2) is 15.9 Å². The molecule has 2 heterocycles. The monoisotopic (exact) mass is 295 g/mol. The molecule has 5 nitrogen and oxygen atoms in total. The molecule has 0 atom stereocenters. The molecule has 6 heteroatoms. The first-order chi connectivity index (χ1) is 9.38. The maximum Gasteiger partial charge on any atom is 0.376 e. The number of hydrogen-bond donors (Lipinski definition) is 0. The van der Waals surface area contributed by atoms with E-state index in [4.69, 9.17) is 13.9 Å². The van der Waals surface area contributed by atoms with E-state index < -0.39 is 5.97 Å². The fraction of sp³-hybridized carbons (Fsp3) is 0.429. The summed E-state index contributed by atoms with van der Waals surface area (Å²) >= 11 is 1.45. The van der Waals surface area contributed by atoms with Crippen LogP contribution in [0.5, 0.6) is 5.75 Å². The summed E-state index contributed by atoms with van der Waals surface area (Å²) in [4.78, 5) is 17.1. The van der Waals surface area contributed by atoms with Crippen LogP contribution in [0.3, 0.4) is 0 Å². The van der Waals surface area contributed by atoms with Gasteiger partial charge in [0, 0.05) is 5.41 Å². The summed E-state index contributed by atoms with van der Waals surface area (Å²) in [6.07, 6.45) is 0. The predicted molar refractivity (Wildman–Crippen MR) is 76.4 cm³/mol. The van der Waals surface area contributed by atoms with Gasteiger partial charge < -0.3 is 13.9 Å². The zero-order valence-electron chi connectivity index (χ0n) is 12.1. The number of thiophene rings is 1. The van der Waals surface area contributed by atoms with Gasteiger partial charge in [-0.05, 0) is 11.4 Å². The van der Waals surface area contributed by atoms with Crippen LogP contribution in [0.2, 0.25) is 0 Å². The van der Waals surface area contributed by atoms with Crippen LogP contribution in [-0.2, 0) is 10.2 Å². The van der Waals surface area contributed by atoms with Crippen molar-refractivity contribution < 1.29 is 18.7 Å². The minimum Gasteiger partial charge on any atom is -0.495 e. The number of nitrogens with zero attached hydrogens (tertiary/aromatic N) is 1. The van der Waals surface area contributed by atoms with E-state index in [1.54, 1.807) is 7.11 Å². The average molecular weight is 295 g/mol. The maximum atomic E-state index is 11.8. The van der Waals surface area contributed by atoms with Gasteiger partial charge in [-0.2, -0.15) is 0 Å². The first-order valence-electron chi connectivity index (χ1n) is 6.10. The van der Waals surface area contributed by atoms with E-state index in [-0.39, 0.29) is 11.2 Å². The molecule has 0 bridgehead atoms. The molecular weight excluding hydrogens is 278 g/mol. The molecule has 2 aromatic rings. The predicted octanol–water partition coefficient (Wildman–Crippen LogP) is 3.50. The number of carbonyl (C=O) groups is 1. The molecule has 0 spiro atoms. The lowest BCUT2D eigenvalue weighted by molar-refractivity contribution is 0.0562. The lowest BCUT2D eigenvalue weighted by atomic mass is 9.91. The third-order valence-corrected chi connectivity index (χ3v) is 3.64. The maximum absolute atomic E-state index is 11.8. The summed E-state index contributed by atoms with van der Waals surface area (Å²) in [7, 11) is 2.91. The van der Waals surface area contributed by atoms with Crippen LogP contribution in [0.1, 0.15) is 37.0 Å². The number of hydrogen-bond acceptors (Lipinski definition) is 6. The standard InChI is InChI=1S/C14H17NO4S/c1-14(2,3)11-9(13(16)18-5)19-12(15-11)10-8(17-4)6-7-20-10/h6-7H,1-5H3. The van der Waals surface area contributed by atoms with Crippen molar-refractivity contribution in [2.24, 2.45) is 0 Å². The van der Waals surface area contributed by atoms with E-state index in [0.717, 1.165) is 4.88 Å². The summed E-state index contributed by atoms with van der Waals surface area (Å²) in [6.45, 7) is 5.90. The average Bonchev–Trinajstić information content (AvgIpc) is 3.02. The van der Waals surface area contributed by atoms with Crippen LogP contribution < -0.4 is 4.74 Å². The van der Waals surface area contributed by atoms with Crippen LogP contribution in [-0.4, -0.2) is 25.2 Å². The van der Waals surface area contributed by atoms with Crippen molar-refractivity contribution in [3.63, 3.8) is 0 Å². The number of ether oxygens (including phenoxy) is 2. The molecule has 0 aliphatic carbocycles. The smallest absolute Gasteiger partial charge is 0.376 e. The van der Waals surface area contributed by atoms with Gasteiger partial charge >= 0.3 is 5.97 Å². The van der Waals surface area contributed by atoms with E-state index in [1.165, 1.54) is 18.4 Å². The molecule has 0 amide bonds. The molecule has 20 heavy (non-hydrogen) atoms. The highest BCUT2D eigenvalue weighted by molar-refractivity contribution is 7.13. The molecular formula is C14H17NO4S. The van der Waals surface area contributed by atoms with Gasteiger partial charge in [0.05, 0.1) is 14.2 Å². The zero-order valence-corrected chi connectivity index (χ0v) is 13.0. The minimum absolute atomic E-state index is 0.144.